The molecule has 0 saturated carbocycles. The molecule has 1 aromatic carbocycles. The van der Waals surface area contributed by atoms with Crippen LogP contribution in [0.15, 0.2) is 43.0 Å². The number of thiocarbonyl (C=S) groups is 1. The van der Waals surface area contributed by atoms with Gasteiger partial charge in [0.2, 0.25) is 0 Å². The highest BCUT2D eigenvalue weighted by molar-refractivity contribution is 7.81. The Hall–Kier alpha value is -3.17. The number of nitrogens with one attached hydrogen (secondary N) is 2. The van der Waals surface area contributed by atoms with E-state index in [1.54, 1.807) is 29.2 Å². The van der Waals surface area contributed by atoms with Gasteiger partial charge in [-0.2, -0.15) is 0 Å². The van der Waals surface area contributed by atoms with E-state index in [-0.39, 0.29) is 0 Å². The van der Waals surface area contributed by atoms with Crippen molar-refractivity contribution in [2.45, 2.75) is 32.9 Å². The number of anilines is 2. The topological polar surface area (TPSA) is 70.4 Å². The smallest absolute Gasteiger partial charge is 0.173 e. The van der Waals surface area contributed by atoms with Crippen molar-refractivity contribution >= 4 is 45.3 Å². The number of pyridine rings is 1. The lowest BCUT2D eigenvalue weighted by Gasteiger charge is -2.38. The van der Waals surface area contributed by atoms with Gasteiger partial charge in [0.25, 0.3) is 0 Å². The average molecular weight is 450 g/mol. The van der Waals surface area contributed by atoms with Gasteiger partial charge in [-0.1, -0.05) is 12.2 Å². The highest BCUT2D eigenvalue weighted by Gasteiger charge is 2.24. The summed E-state index contributed by atoms with van der Waals surface area (Å²) in [7, 11) is 0. The Labute approximate surface area is 190 Å². The molecule has 5 rings (SSSR count). The lowest BCUT2D eigenvalue weighted by atomic mass is 10.1. The van der Waals surface area contributed by atoms with Gasteiger partial charge in [-0.15, -0.1) is 0 Å². The number of imidazole rings is 1. The standard InChI is InChI=1S/C23H24FN7S/c1-13-9-30(10-14(2)27-13)19-5-4-17(20-21(19)26-7-6-25-20)23(32)29-16-8-18(24)22-28-15(3)11-31(22)12-16/h4-8,11-14,27H,9-10H2,1-3H3,(H,29,32)/t13-,14-/m1/s1. The van der Waals surface area contributed by atoms with Gasteiger partial charge in [0.05, 0.1) is 17.1 Å². The van der Waals surface area contributed by atoms with Crippen molar-refractivity contribution in [1.82, 2.24) is 24.7 Å². The first kappa shape index (κ1) is 20.7. The van der Waals surface area contributed by atoms with Gasteiger partial charge in [-0.05, 0) is 32.9 Å². The number of nitrogens with zero attached hydrogens (tertiary/aromatic N) is 5. The van der Waals surface area contributed by atoms with E-state index in [2.05, 4.69) is 44.3 Å². The van der Waals surface area contributed by atoms with E-state index in [0.29, 0.717) is 28.4 Å². The molecule has 0 amide bonds. The van der Waals surface area contributed by atoms with Gasteiger partial charge in [-0.25, -0.2) is 9.37 Å². The van der Waals surface area contributed by atoms with Crippen molar-refractivity contribution in [1.29, 1.82) is 0 Å². The van der Waals surface area contributed by atoms with E-state index in [4.69, 9.17) is 12.2 Å². The first-order chi connectivity index (χ1) is 15.4. The predicted octanol–water partition coefficient (Wildman–Crippen LogP) is 3.70. The Morgan fingerprint density at radius 2 is 1.84 bits per heavy atom. The quantitative estimate of drug-likeness (QED) is 0.462. The van der Waals surface area contributed by atoms with Crippen molar-refractivity contribution < 1.29 is 4.39 Å². The molecule has 7 nitrogen and oxygen atoms in total. The number of halogens is 1. The molecule has 32 heavy (non-hydrogen) atoms. The Morgan fingerprint density at radius 3 is 2.59 bits per heavy atom. The second kappa shape index (κ2) is 8.07. The molecule has 164 valence electrons. The summed E-state index contributed by atoms with van der Waals surface area (Å²) in [6.07, 6.45) is 6.92. The van der Waals surface area contributed by atoms with Crippen molar-refractivity contribution in [3.05, 3.63) is 60.1 Å². The third-order valence-corrected chi connectivity index (χ3v) is 5.95. The van der Waals surface area contributed by atoms with Crippen LogP contribution in [0.2, 0.25) is 0 Å². The minimum absolute atomic E-state index is 0.291. The molecule has 4 aromatic rings. The van der Waals surface area contributed by atoms with E-state index < -0.39 is 5.82 Å². The van der Waals surface area contributed by atoms with Gasteiger partial charge in [0.15, 0.2) is 11.5 Å². The minimum Gasteiger partial charge on any atom is -0.367 e. The van der Waals surface area contributed by atoms with Gasteiger partial charge in [-0.3, -0.25) is 9.97 Å². The SMILES string of the molecule is Cc1cn2cc(NC(=S)c3ccc(N4C[C@@H](C)N[C@H](C)C4)c4nccnc34)cc(F)c2n1. The first-order valence-corrected chi connectivity index (χ1v) is 11.0. The molecule has 0 spiro atoms. The largest absolute Gasteiger partial charge is 0.367 e. The second-order valence-electron chi connectivity index (χ2n) is 8.40. The summed E-state index contributed by atoms with van der Waals surface area (Å²) in [6.45, 7) is 7.98. The molecule has 3 aromatic heterocycles. The van der Waals surface area contributed by atoms with Crippen molar-refractivity contribution in [3.8, 4) is 0 Å². The molecule has 0 bridgehead atoms. The zero-order valence-electron chi connectivity index (χ0n) is 18.1. The van der Waals surface area contributed by atoms with Crippen molar-refractivity contribution in [2.75, 3.05) is 23.3 Å². The summed E-state index contributed by atoms with van der Waals surface area (Å²) in [4.78, 5) is 16.2. The fourth-order valence-corrected chi connectivity index (χ4v) is 4.73. The number of aromatic nitrogens is 4. The number of hydrogen-bond donors (Lipinski definition) is 2. The third kappa shape index (κ3) is 3.78. The van der Waals surface area contributed by atoms with E-state index in [9.17, 15) is 4.39 Å². The summed E-state index contributed by atoms with van der Waals surface area (Å²) in [6, 6.07) is 6.18. The van der Waals surface area contributed by atoms with Crippen LogP contribution in [0.1, 0.15) is 25.1 Å². The molecule has 1 aliphatic heterocycles. The van der Waals surface area contributed by atoms with Gasteiger partial charge in [0, 0.05) is 61.6 Å². The minimum atomic E-state index is -0.409. The average Bonchev–Trinajstić information content (AvgIpc) is 3.13. The number of aryl methyl sites for hydroxylation is 1. The summed E-state index contributed by atoms with van der Waals surface area (Å²) >= 11 is 5.69. The molecule has 0 radical (unpaired) electrons. The maximum atomic E-state index is 14.5. The van der Waals surface area contributed by atoms with Gasteiger partial charge in [0.1, 0.15) is 16.0 Å². The molecular weight excluding hydrogens is 425 g/mol. The molecule has 0 aliphatic carbocycles. The maximum absolute atomic E-state index is 14.5. The number of fused-ring (bicyclic) bond motifs is 2. The molecule has 1 saturated heterocycles. The maximum Gasteiger partial charge on any atom is 0.173 e. The summed E-state index contributed by atoms with van der Waals surface area (Å²) in [5, 5.41) is 6.71. The molecule has 4 heterocycles. The van der Waals surface area contributed by atoms with Gasteiger partial charge < -0.3 is 19.9 Å². The van der Waals surface area contributed by atoms with Crippen LogP contribution in [0.3, 0.4) is 0 Å². The fraction of sp³-hybridized carbons (Fsp3) is 0.304. The van der Waals surface area contributed by atoms with E-state index in [0.717, 1.165) is 41.1 Å². The summed E-state index contributed by atoms with van der Waals surface area (Å²) in [5.41, 5.74) is 4.91. The van der Waals surface area contributed by atoms with Crippen LogP contribution in [0.5, 0.6) is 0 Å². The third-order valence-electron chi connectivity index (χ3n) is 5.63. The number of benzene rings is 1. The van der Waals surface area contributed by atoms with Crippen LogP contribution < -0.4 is 15.5 Å². The Bertz CT molecular complexity index is 1320. The van der Waals surface area contributed by atoms with Crippen LogP contribution in [-0.2, 0) is 0 Å². The molecular formula is C23H24FN7S. The Morgan fingerprint density at radius 1 is 1.12 bits per heavy atom. The zero-order chi connectivity index (χ0) is 22.4. The Kier molecular flexibility index (Phi) is 5.22. The van der Waals surface area contributed by atoms with Gasteiger partial charge >= 0.3 is 0 Å². The van der Waals surface area contributed by atoms with Crippen molar-refractivity contribution in [3.63, 3.8) is 0 Å². The lowest BCUT2D eigenvalue weighted by molar-refractivity contribution is 0.407. The van der Waals surface area contributed by atoms with E-state index >= 15 is 0 Å². The van der Waals surface area contributed by atoms with Crippen LogP contribution in [0, 0.1) is 12.7 Å². The summed E-state index contributed by atoms with van der Waals surface area (Å²) < 4.78 is 16.1. The molecule has 1 aliphatic rings. The van der Waals surface area contributed by atoms with Crippen LogP contribution in [-0.4, -0.2) is 49.5 Å². The van der Waals surface area contributed by atoms with E-state index in [1.807, 2.05) is 19.1 Å². The lowest BCUT2D eigenvalue weighted by Crippen LogP contribution is -2.54. The summed E-state index contributed by atoms with van der Waals surface area (Å²) in [5.74, 6) is -0.409. The molecule has 0 unspecified atom stereocenters. The monoisotopic (exact) mass is 449 g/mol. The highest BCUT2D eigenvalue weighted by atomic mass is 32.1. The highest BCUT2D eigenvalue weighted by Crippen LogP contribution is 2.29. The van der Waals surface area contributed by atoms with Crippen LogP contribution in [0.4, 0.5) is 15.8 Å². The molecule has 2 N–H and O–H groups in total. The predicted molar refractivity (Wildman–Crippen MR) is 129 cm³/mol. The fourth-order valence-electron chi connectivity index (χ4n) is 4.45. The first-order valence-electron chi connectivity index (χ1n) is 10.6. The Balaban J connectivity index is 1.50. The second-order valence-corrected chi connectivity index (χ2v) is 8.81. The van der Waals surface area contributed by atoms with Crippen LogP contribution >= 0.6 is 12.2 Å². The number of piperazine rings is 1. The molecule has 1 fully saturated rings. The van der Waals surface area contributed by atoms with Crippen LogP contribution in [0.25, 0.3) is 16.7 Å². The number of rotatable bonds is 3. The number of hydrogen-bond acceptors (Lipinski definition) is 6. The van der Waals surface area contributed by atoms with Crippen molar-refractivity contribution in [2.24, 2.45) is 0 Å². The van der Waals surface area contributed by atoms with E-state index in [1.165, 1.54) is 6.07 Å². The zero-order valence-corrected chi connectivity index (χ0v) is 18.9. The molecule has 2 atom stereocenters. The normalized spacial score (nSPS) is 18.9. The molecule has 9 heteroatoms.